The van der Waals surface area contributed by atoms with Crippen LogP contribution >= 0.6 is 0 Å². The maximum absolute atomic E-state index is 12.2. The molecule has 1 amide bonds. The van der Waals surface area contributed by atoms with E-state index in [9.17, 15) is 14.9 Å². The molecule has 0 aliphatic rings. The standard InChI is InChI=1S/C21H24N2O4/c1-14(2)21(4,13-22)23-20(25)15(3)27-19(24)12-26-18-10-9-16-7-5-6-8-17(16)11-18/h5-11,14-15H,12H2,1-4H3,(H,23,25)/t15-,21+/m1/s1. The highest BCUT2D eigenvalue weighted by Crippen LogP contribution is 2.20. The first kappa shape index (κ1) is 20.2. The van der Waals surface area contributed by atoms with E-state index >= 15 is 0 Å². The van der Waals surface area contributed by atoms with Gasteiger partial charge in [0.05, 0.1) is 6.07 Å². The first-order chi connectivity index (χ1) is 12.7. The van der Waals surface area contributed by atoms with Crippen LogP contribution in [0.1, 0.15) is 27.7 Å². The number of rotatable bonds is 7. The summed E-state index contributed by atoms with van der Waals surface area (Å²) in [5.74, 6) is -0.731. The Morgan fingerprint density at radius 1 is 1.15 bits per heavy atom. The molecule has 0 bridgehead atoms. The Bertz CT molecular complexity index is 872. The number of ether oxygens (including phenoxy) is 2. The van der Waals surface area contributed by atoms with Crippen LogP contribution < -0.4 is 10.1 Å². The van der Waals surface area contributed by atoms with Crippen molar-refractivity contribution in [3.63, 3.8) is 0 Å². The van der Waals surface area contributed by atoms with E-state index in [-0.39, 0.29) is 12.5 Å². The lowest BCUT2D eigenvalue weighted by molar-refractivity contribution is -0.157. The second-order valence-electron chi connectivity index (χ2n) is 6.89. The minimum Gasteiger partial charge on any atom is -0.482 e. The van der Waals surface area contributed by atoms with Gasteiger partial charge >= 0.3 is 5.97 Å². The van der Waals surface area contributed by atoms with Crippen LogP contribution in [0.5, 0.6) is 5.75 Å². The van der Waals surface area contributed by atoms with Crippen LogP contribution in [0.4, 0.5) is 0 Å². The Labute approximate surface area is 159 Å². The fourth-order valence-corrected chi connectivity index (χ4v) is 2.34. The van der Waals surface area contributed by atoms with Gasteiger partial charge in [-0.3, -0.25) is 4.79 Å². The van der Waals surface area contributed by atoms with Crippen molar-refractivity contribution in [2.75, 3.05) is 6.61 Å². The van der Waals surface area contributed by atoms with Crippen LogP contribution in [-0.2, 0) is 14.3 Å². The van der Waals surface area contributed by atoms with Crippen LogP contribution in [0, 0.1) is 17.2 Å². The molecule has 0 saturated heterocycles. The summed E-state index contributed by atoms with van der Waals surface area (Å²) in [5.41, 5.74) is -1.03. The van der Waals surface area contributed by atoms with Crippen molar-refractivity contribution in [1.82, 2.24) is 5.32 Å². The van der Waals surface area contributed by atoms with Gasteiger partial charge in [-0.15, -0.1) is 0 Å². The van der Waals surface area contributed by atoms with Crippen molar-refractivity contribution in [2.45, 2.75) is 39.3 Å². The first-order valence-corrected chi connectivity index (χ1v) is 8.79. The van der Waals surface area contributed by atoms with E-state index in [0.717, 1.165) is 10.8 Å². The molecule has 2 aromatic rings. The Hall–Kier alpha value is -3.07. The van der Waals surface area contributed by atoms with Gasteiger partial charge < -0.3 is 14.8 Å². The minimum absolute atomic E-state index is 0.0920. The number of hydrogen-bond acceptors (Lipinski definition) is 5. The predicted molar refractivity (Wildman–Crippen MR) is 102 cm³/mol. The van der Waals surface area contributed by atoms with Crippen molar-refractivity contribution in [1.29, 1.82) is 5.26 Å². The van der Waals surface area contributed by atoms with Crippen LogP contribution in [-0.4, -0.2) is 30.1 Å². The van der Waals surface area contributed by atoms with Crippen molar-refractivity contribution in [3.05, 3.63) is 42.5 Å². The maximum Gasteiger partial charge on any atom is 0.344 e. The summed E-state index contributed by atoms with van der Waals surface area (Å²) in [5, 5.41) is 14.0. The zero-order valence-electron chi connectivity index (χ0n) is 16.0. The molecule has 0 aliphatic carbocycles. The van der Waals surface area contributed by atoms with Crippen LogP contribution in [0.15, 0.2) is 42.5 Å². The molecule has 0 heterocycles. The lowest BCUT2D eigenvalue weighted by Gasteiger charge is -2.28. The third-order valence-corrected chi connectivity index (χ3v) is 4.52. The predicted octanol–water partition coefficient (Wildman–Crippen LogP) is 3.20. The number of amides is 1. The number of fused-ring (bicyclic) bond motifs is 1. The van der Waals surface area contributed by atoms with Gasteiger partial charge in [-0.25, -0.2) is 4.79 Å². The highest BCUT2D eigenvalue weighted by atomic mass is 16.6. The van der Waals surface area contributed by atoms with Gasteiger partial charge in [0.25, 0.3) is 5.91 Å². The van der Waals surface area contributed by atoms with Crippen molar-refractivity contribution in [3.8, 4) is 11.8 Å². The Morgan fingerprint density at radius 2 is 1.81 bits per heavy atom. The molecule has 6 nitrogen and oxygen atoms in total. The quantitative estimate of drug-likeness (QED) is 0.758. The number of nitrogens with zero attached hydrogens (tertiary/aromatic N) is 1. The van der Waals surface area contributed by atoms with Crippen molar-refractivity contribution < 1.29 is 19.1 Å². The molecule has 0 spiro atoms. The number of benzene rings is 2. The lowest BCUT2D eigenvalue weighted by atomic mass is 9.90. The number of carbonyl (C=O) groups is 2. The van der Waals surface area contributed by atoms with E-state index < -0.39 is 23.5 Å². The normalized spacial score (nSPS) is 14.1. The third-order valence-electron chi connectivity index (χ3n) is 4.52. The highest BCUT2D eigenvalue weighted by molar-refractivity contribution is 5.85. The molecule has 0 radical (unpaired) electrons. The van der Waals surface area contributed by atoms with Gasteiger partial charge in [-0.2, -0.15) is 5.26 Å². The van der Waals surface area contributed by atoms with E-state index in [0.29, 0.717) is 5.75 Å². The highest BCUT2D eigenvalue weighted by Gasteiger charge is 2.32. The maximum atomic E-state index is 12.2. The van der Waals surface area contributed by atoms with Gasteiger partial charge in [0, 0.05) is 0 Å². The molecule has 27 heavy (non-hydrogen) atoms. The average molecular weight is 368 g/mol. The fraction of sp³-hybridized carbons (Fsp3) is 0.381. The summed E-state index contributed by atoms with van der Waals surface area (Å²) in [6.07, 6.45) is -1.02. The molecule has 0 aliphatic heterocycles. The van der Waals surface area contributed by atoms with E-state index in [2.05, 4.69) is 11.4 Å². The molecule has 0 aromatic heterocycles. The zero-order chi connectivity index (χ0) is 20.0. The van der Waals surface area contributed by atoms with E-state index in [1.54, 1.807) is 13.0 Å². The van der Waals surface area contributed by atoms with Crippen molar-refractivity contribution in [2.24, 2.45) is 5.92 Å². The van der Waals surface area contributed by atoms with Gasteiger partial charge in [-0.05, 0) is 42.7 Å². The molecule has 1 N–H and O–H groups in total. The molecule has 2 atom stereocenters. The fourth-order valence-electron chi connectivity index (χ4n) is 2.34. The van der Waals surface area contributed by atoms with Crippen molar-refractivity contribution >= 4 is 22.6 Å². The second-order valence-corrected chi connectivity index (χ2v) is 6.89. The lowest BCUT2D eigenvalue weighted by Crippen LogP contribution is -2.52. The van der Waals surface area contributed by atoms with Gasteiger partial charge in [-0.1, -0.05) is 44.2 Å². The largest absolute Gasteiger partial charge is 0.482 e. The first-order valence-electron chi connectivity index (χ1n) is 8.79. The Kier molecular flexibility index (Phi) is 6.40. The van der Waals surface area contributed by atoms with Gasteiger partial charge in [0.2, 0.25) is 0 Å². The molecule has 0 saturated carbocycles. The molecule has 2 aromatic carbocycles. The van der Waals surface area contributed by atoms with Crippen LogP contribution in [0.3, 0.4) is 0 Å². The topological polar surface area (TPSA) is 88.4 Å². The number of esters is 1. The van der Waals surface area contributed by atoms with E-state index in [4.69, 9.17) is 9.47 Å². The smallest absolute Gasteiger partial charge is 0.344 e. The zero-order valence-corrected chi connectivity index (χ0v) is 16.0. The molecule has 142 valence electrons. The van der Waals surface area contributed by atoms with E-state index in [1.165, 1.54) is 6.92 Å². The summed E-state index contributed by atoms with van der Waals surface area (Å²) in [7, 11) is 0. The summed E-state index contributed by atoms with van der Waals surface area (Å²) in [6, 6.07) is 15.4. The summed E-state index contributed by atoms with van der Waals surface area (Å²) < 4.78 is 10.6. The van der Waals surface area contributed by atoms with Gasteiger partial charge in [0.15, 0.2) is 12.7 Å². The summed E-state index contributed by atoms with van der Waals surface area (Å²) >= 11 is 0. The number of nitrogens with one attached hydrogen (secondary N) is 1. The molecule has 0 unspecified atom stereocenters. The second kappa shape index (κ2) is 8.54. The molecular formula is C21H24N2O4. The minimum atomic E-state index is -1.03. The number of hydrogen-bond donors (Lipinski definition) is 1. The van der Waals surface area contributed by atoms with Crippen LogP contribution in [0.2, 0.25) is 0 Å². The number of nitriles is 1. The Morgan fingerprint density at radius 3 is 2.44 bits per heavy atom. The molecule has 2 rings (SSSR count). The molecule has 6 heteroatoms. The van der Waals surface area contributed by atoms with E-state index in [1.807, 2.05) is 50.2 Å². The Balaban J connectivity index is 1.88. The van der Waals surface area contributed by atoms with Gasteiger partial charge in [0.1, 0.15) is 11.3 Å². The summed E-state index contributed by atoms with van der Waals surface area (Å²) in [6.45, 7) is 6.44. The summed E-state index contributed by atoms with van der Waals surface area (Å²) in [4.78, 5) is 24.2. The third kappa shape index (κ3) is 5.20. The SMILES string of the molecule is CC(C)[C@](C)(C#N)NC(=O)[C@@H](C)OC(=O)COc1ccc2ccccc2c1. The average Bonchev–Trinajstić information content (AvgIpc) is 2.65. The molecule has 0 fully saturated rings. The number of carbonyl (C=O) groups excluding carboxylic acids is 2. The van der Waals surface area contributed by atoms with Crippen LogP contribution in [0.25, 0.3) is 10.8 Å². The monoisotopic (exact) mass is 368 g/mol. The molecular weight excluding hydrogens is 344 g/mol.